The molecule has 1 aliphatic heterocycles. The second-order valence-electron chi connectivity index (χ2n) is 7.15. The van der Waals surface area contributed by atoms with Gasteiger partial charge in [0.25, 0.3) is 0 Å². The maximum atomic E-state index is 14.4. The van der Waals surface area contributed by atoms with Crippen molar-refractivity contribution in [3.63, 3.8) is 0 Å². The Labute approximate surface area is 176 Å². The van der Waals surface area contributed by atoms with Crippen LogP contribution in [0.5, 0.6) is 0 Å². The lowest BCUT2D eigenvalue weighted by Crippen LogP contribution is -2.42. The molecule has 1 fully saturated rings. The summed E-state index contributed by atoms with van der Waals surface area (Å²) in [5.41, 5.74) is 1.33. The molecule has 1 aromatic carbocycles. The lowest BCUT2D eigenvalue weighted by Gasteiger charge is -2.23. The summed E-state index contributed by atoms with van der Waals surface area (Å²) >= 11 is 0. The minimum Gasteiger partial charge on any atom is -0.447 e. The Morgan fingerprint density at radius 3 is 2.68 bits per heavy atom. The van der Waals surface area contributed by atoms with Gasteiger partial charge in [0.1, 0.15) is 18.5 Å². The van der Waals surface area contributed by atoms with Crippen LogP contribution in [0.3, 0.4) is 0 Å². The van der Waals surface area contributed by atoms with Gasteiger partial charge in [-0.1, -0.05) is 0 Å². The number of halogens is 2. The average Bonchev–Trinajstić information content (AvgIpc) is 3.37. The fourth-order valence-electron chi connectivity index (χ4n) is 3.21. The number of anilines is 2. The van der Waals surface area contributed by atoms with Crippen LogP contribution in [0.2, 0.25) is 0 Å². The quantitative estimate of drug-likeness (QED) is 0.620. The lowest BCUT2D eigenvalue weighted by molar-refractivity contribution is 0.142. The highest BCUT2D eigenvalue weighted by Crippen LogP contribution is 2.27. The van der Waals surface area contributed by atoms with Crippen molar-refractivity contribution in [2.75, 3.05) is 16.8 Å². The number of benzene rings is 1. The summed E-state index contributed by atoms with van der Waals surface area (Å²) in [6, 6.07) is 6.55. The summed E-state index contributed by atoms with van der Waals surface area (Å²) in [7, 11) is 0. The maximum absolute atomic E-state index is 14.4. The number of aliphatic hydroxyl groups is 1. The number of ether oxygens (including phenoxy) is 1. The average molecular weight is 430 g/mol. The Morgan fingerprint density at radius 2 is 1.97 bits per heavy atom. The molecule has 4 rings (SSSR count). The van der Waals surface area contributed by atoms with Gasteiger partial charge in [-0.25, -0.2) is 28.1 Å². The molecule has 1 saturated heterocycles. The van der Waals surface area contributed by atoms with Crippen molar-refractivity contribution in [3.8, 4) is 5.69 Å². The molecular weight excluding hydrogens is 410 g/mol. The maximum Gasteiger partial charge on any atom is 0.416 e. The van der Waals surface area contributed by atoms with Crippen LogP contribution in [0.4, 0.5) is 25.3 Å². The molecule has 1 aliphatic rings. The van der Waals surface area contributed by atoms with Gasteiger partial charge in [-0.3, -0.25) is 0 Å². The van der Waals surface area contributed by atoms with Crippen molar-refractivity contribution in [1.29, 1.82) is 0 Å². The predicted octanol–water partition coefficient (Wildman–Crippen LogP) is 2.82. The number of amides is 1. The number of cyclic esters (lactones) is 1. The molecule has 3 aromatic rings. The van der Waals surface area contributed by atoms with Crippen molar-refractivity contribution in [2.45, 2.75) is 32.0 Å². The van der Waals surface area contributed by atoms with Crippen LogP contribution in [0, 0.1) is 11.6 Å². The van der Waals surface area contributed by atoms with Gasteiger partial charge in [0.15, 0.2) is 11.6 Å². The van der Waals surface area contributed by atoms with Crippen LogP contribution in [-0.4, -0.2) is 49.7 Å². The highest BCUT2D eigenvalue weighted by Gasteiger charge is 2.39. The first-order valence-corrected chi connectivity index (χ1v) is 9.58. The van der Waals surface area contributed by atoms with Gasteiger partial charge in [0, 0.05) is 6.20 Å². The first-order valence-electron chi connectivity index (χ1n) is 9.58. The second-order valence-corrected chi connectivity index (χ2v) is 7.15. The van der Waals surface area contributed by atoms with E-state index >= 15 is 0 Å². The minimum absolute atomic E-state index is 0.0695. The van der Waals surface area contributed by atoms with E-state index in [0.717, 1.165) is 11.1 Å². The molecule has 2 N–H and O–H groups in total. The van der Waals surface area contributed by atoms with E-state index in [9.17, 15) is 18.7 Å². The number of hydrogen-bond donors (Lipinski definition) is 2. The molecule has 1 unspecified atom stereocenters. The van der Waals surface area contributed by atoms with Crippen LogP contribution in [0.25, 0.3) is 5.69 Å². The van der Waals surface area contributed by atoms with E-state index in [2.05, 4.69) is 20.4 Å². The molecule has 0 saturated carbocycles. The third-order valence-corrected chi connectivity index (χ3v) is 4.91. The fourth-order valence-corrected chi connectivity index (χ4v) is 3.21. The first-order chi connectivity index (χ1) is 14.8. The van der Waals surface area contributed by atoms with Gasteiger partial charge in [-0.2, -0.15) is 10.1 Å². The van der Waals surface area contributed by atoms with Crippen LogP contribution in [0.1, 0.15) is 25.6 Å². The SMILES string of the molecule is C[C@H](Nc1ncc(F)c(N2C(=O)OCC2[C@@H](C)O)n1)c1ccn(-c2ccc(F)cc2)n1. The topological polar surface area (TPSA) is 105 Å². The van der Waals surface area contributed by atoms with Crippen LogP contribution >= 0.6 is 0 Å². The predicted molar refractivity (Wildman–Crippen MR) is 107 cm³/mol. The molecular formula is C20H20F2N6O3. The van der Waals surface area contributed by atoms with E-state index in [4.69, 9.17) is 4.74 Å². The Morgan fingerprint density at radius 1 is 1.23 bits per heavy atom. The van der Waals surface area contributed by atoms with Crippen molar-refractivity contribution < 1.29 is 23.4 Å². The summed E-state index contributed by atoms with van der Waals surface area (Å²) in [5, 5.41) is 17.4. The molecule has 0 spiro atoms. The second kappa shape index (κ2) is 8.26. The number of nitrogens with zero attached hydrogens (tertiary/aromatic N) is 5. The van der Waals surface area contributed by atoms with Gasteiger partial charge in [0.2, 0.25) is 5.95 Å². The van der Waals surface area contributed by atoms with Crippen molar-refractivity contribution in [1.82, 2.24) is 19.7 Å². The standard InChI is InChI=1S/C20H20F2N6O3/c1-11(16-7-8-27(26-16)14-5-3-13(21)4-6-14)24-19-23-9-15(22)18(25-19)28-17(12(2)29)10-31-20(28)30/h3-9,11-12,17,29H,10H2,1-2H3,(H,23,24,25)/t11-,12+,17?/m0/s1. The number of carbonyl (C=O) groups excluding carboxylic acids is 1. The third kappa shape index (κ3) is 4.17. The Bertz CT molecular complexity index is 1090. The molecule has 3 atom stereocenters. The zero-order valence-corrected chi connectivity index (χ0v) is 16.7. The van der Waals surface area contributed by atoms with E-state index < -0.39 is 24.1 Å². The number of carbonyl (C=O) groups is 1. The van der Waals surface area contributed by atoms with Gasteiger partial charge in [-0.05, 0) is 44.2 Å². The summed E-state index contributed by atoms with van der Waals surface area (Å²) in [4.78, 5) is 21.1. The number of aromatic nitrogens is 4. The van der Waals surface area contributed by atoms with Crippen LogP contribution in [0.15, 0.2) is 42.7 Å². The Balaban J connectivity index is 1.54. The van der Waals surface area contributed by atoms with E-state index in [1.165, 1.54) is 19.1 Å². The molecule has 0 radical (unpaired) electrons. The number of hydrogen-bond acceptors (Lipinski definition) is 7. The summed E-state index contributed by atoms with van der Waals surface area (Å²) < 4.78 is 34.0. The number of aliphatic hydroxyl groups excluding tert-OH is 1. The van der Waals surface area contributed by atoms with Crippen LogP contribution in [-0.2, 0) is 4.74 Å². The van der Waals surface area contributed by atoms with E-state index in [1.54, 1.807) is 29.1 Å². The molecule has 3 heterocycles. The largest absolute Gasteiger partial charge is 0.447 e. The summed E-state index contributed by atoms with van der Waals surface area (Å²) in [6.07, 6.45) is 0.941. The number of rotatable bonds is 6. The highest BCUT2D eigenvalue weighted by atomic mass is 19.1. The van der Waals surface area contributed by atoms with Gasteiger partial charge in [-0.15, -0.1) is 0 Å². The molecule has 162 valence electrons. The monoisotopic (exact) mass is 430 g/mol. The molecule has 1 amide bonds. The Kier molecular flexibility index (Phi) is 5.51. The Hall–Kier alpha value is -3.60. The summed E-state index contributed by atoms with van der Waals surface area (Å²) in [6.45, 7) is 3.23. The fraction of sp³-hybridized carbons (Fsp3) is 0.300. The van der Waals surface area contributed by atoms with Crippen LogP contribution < -0.4 is 10.2 Å². The van der Waals surface area contributed by atoms with Crippen molar-refractivity contribution in [2.24, 2.45) is 0 Å². The molecule has 31 heavy (non-hydrogen) atoms. The highest BCUT2D eigenvalue weighted by molar-refractivity contribution is 5.89. The van der Waals surface area contributed by atoms with Crippen molar-refractivity contribution in [3.05, 3.63) is 60.1 Å². The molecule has 0 bridgehead atoms. The zero-order chi connectivity index (χ0) is 22.1. The minimum atomic E-state index is -0.938. The van der Waals surface area contributed by atoms with Gasteiger partial charge < -0.3 is 15.2 Å². The normalized spacial score (nSPS) is 18.0. The zero-order valence-electron chi connectivity index (χ0n) is 16.7. The van der Waals surface area contributed by atoms with Gasteiger partial charge in [0.05, 0.1) is 29.7 Å². The summed E-state index contributed by atoms with van der Waals surface area (Å²) in [5.74, 6) is -1.36. The molecule has 0 aliphatic carbocycles. The van der Waals surface area contributed by atoms with E-state index in [0.29, 0.717) is 11.4 Å². The van der Waals surface area contributed by atoms with E-state index in [-0.39, 0.29) is 30.2 Å². The molecule has 9 nitrogen and oxygen atoms in total. The smallest absolute Gasteiger partial charge is 0.416 e. The lowest BCUT2D eigenvalue weighted by atomic mass is 10.2. The van der Waals surface area contributed by atoms with E-state index in [1.807, 2.05) is 6.92 Å². The first kappa shape index (κ1) is 20.7. The molecule has 2 aromatic heterocycles. The van der Waals surface area contributed by atoms with Gasteiger partial charge >= 0.3 is 6.09 Å². The van der Waals surface area contributed by atoms with Crippen molar-refractivity contribution >= 4 is 17.9 Å². The third-order valence-electron chi connectivity index (χ3n) is 4.91. The number of nitrogens with one attached hydrogen (secondary N) is 1. The molecule has 11 heteroatoms.